The summed E-state index contributed by atoms with van der Waals surface area (Å²) in [5.41, 5.74) is 1.57. The number of benzene rings is 1. The van der Waals surface area contributed by atoms with E-state index in [1.807, 2.05) is 12.1 Å². The van der Waals surface area contributed by atoms with Crippen molar-refractivity contribution in [2.75, 3.05) is 26.2 Å². The summed E-state index contributed by atoms with van der Waals surface area (Å²) in [5.74, 6) is -0.859. The zero-order valence-corrected chi connectivity index (χ0v) is 12.9. The van der Waals surface area contributed by atoms with E-state index in [4.69, 9.17) is 5.11 Å². The molecular weight excluding hydrogens is 264 g/mol. The van der Waals surface area contributed by atoms with Crippen molar-refractivity contribution in [1.82, 2.24) is 10.0 Å². The van der Waals surface area contributed by atoms with E-state index in [-0.39, 0.29) is 0 Å². The third-order valence-corrected chi connectivity index (χ3v) is 4.07. The van der Waals surface area contributed by atoms with E-state index >= 15 is 0 Å². The molecule has 0 atom stereocenters. The fourth-order valence-corrected chi connectivity index (χ4v) is 2.88. The van der Waals surface area contributed by atoms with Crippen LogP contribution in [-0.4, -0.2) is 47.3 Å². The number of piperidine rings is 1. The van der Waals surface area contributed by atoms with Gasteiger partial charge in [-0.2, -0.15) is 0 Å². The number of rotatable bonds is 7. The molecule has 0 unspecified atom stereocenters. The fourth-order valence-electron chi connectivity index (χ4n) is 2.88. The van der Waals surface area contributed by atoms with Gasteiger partial charge in [-0.1, -0.05) is 25.5 Å². The molecular formula is C17H26N2O2. The summed E-state index contributed by atoms with van der Waals surface area (Å²) in [6.45, 7) is 6.70. The van der Waals surface area contributed by atoms with Gasteiger partial charge in [0.15, 0.2) is 0 Å². The van der Waals surface area contributed by atoms with Gasteiger partial charge in [-0.25, -0.2) is 14.8 Å². The second kappa shape index (κ2) is 8.15. The summed E-state index contributed by atoms with van der Waals surface area (Å²) < 4.78 is 0. The SMILES string of the molecule is CCCN(CCc1ccc(C(=O)O)cc1)N1CCCCC1. The van der Waals surface area contributed by atoms with Crippen LogP contribution in [0, 0.1) is 0 Å². The largest absolute Gasteiger partial charge is 0.478 e. The monoisotopic (exact) mass is 290 g/mol. The molecule has 0 aromatic heterocycles. The number of carboxylic acid groups (broad SMARTS) is 1. The van der Waals surface area contributed by atoms with E-state index < -0.39 is 5.97 Å². The second-order valence-corrected chi connectivity index (χ2v) is 5.72. The Kier molecular flexibility index (Phi) is 6.21. The first-order valence-electron chi connectivity index (χ1n) is 8.02. The summed E-state index contributed by atoms with van der Waals surface area (Å²) in [7, 11) is 0. The van der Waals surface area contributed by atoms with Crippen LogP contribution in [-0.2, 0) is 6.42 Å². The fraction of sp³-hybridized carbons (Fsp3) is 0.588. The molecule has 1 aromatic carbocycles. The van der Waals surface area contributed by atoms with E-state index in [1.54, 1.807) is 12.1 Å². The van der Waals surface area contributed by atoms with Crippen molar-refractivity contribution in [3.63, 3.8) is 0 Å². The Balaban J connectivity index is 1.89. The van der Waals surface area contributed by atoms with Crippen LogP contribution >= 0.6 is 0 Å². The first kappa shape index (κ1) is 16.0. The van der Waals surface area contributed by atoms with Crippen LogP contribution in [0.25, 0.3) is 0 Å². The molecule has 0 aliphatic carbocycles. The van der Waals surface area contributed by atoms with Gasteiger partial charge in [0.05, 0.1) is 5.56 Å². The van der Waals surface area contributed by atoms with Crippen molar-refractivity contribution in [1.29, 1.82) is 0 Å². The van der Waals surface area contributed by atoms with E-state index in [0.29, 0.717) is 5.56 Å². The number of carbonyl (C=O) groups is 1. The average molecular weight is 290 g/mol. The Morgan fingerprint density at radius 1 is 1.14 bits per heavy atom. The maximum Gasteiger partial charge on any atom is 0.335 e. The zero-order valence-electron chi connectivity index (χ0n) is 12.9. The lowest BCUT2D eigenvalue weighted by Crippen LogP contribution is -2.46. The van der Waals surface area contributed by atoms with Crippen molar-refractivity contribution in [2.24, 2.45) is 0 Å². The lowest BCUT2D eigenvalue weighted by Gasteiger charge is -2.37. The van der Waals surface area contributed by atoms with Crippen LogP contribution in [0.2, 0.25) is 0 Å². The molecule has 0 bridgehead atoms. The van der Waals surface area contributed by atoms with E-state index in [2.05, 4.69) is 16.9 Å². The van der Waals surface area contributed by atoms with Crippen LogP contribution in [0.15, 0.2) is 24.3 Å². The average Bonchev–Trinajstić information content (AvgIpc) is 2.52. The van der Waals surface area contributed by atoms with Gasteiger partial charge in [-0.3, -0.25) is 0 Å². The van der Waals surface area contributed by atoms with Gasteiger partial charge < -0.3 is 5.11 Å². The Bertz CT molecular complexity index is 439. The molecule has 2 rings (SSSR count). The number of hydrazine groups is 1. The van der Waals surface area contributed by atoms with Crippen LogP contribution < -0.4 is 0 Å². The minimum absolute atomic E-state index is 0.361. The van der Waals surface area contributed by atoms with Crippen LogP contribution in [0.3, 0.4) is 0 Å². The van der Waals surface area contributed by atoms with Crippen LogP contribution in [0.5, 0.6) is 0 Å². The standard InChI is InChI=1S/C17H26N2O2/c1-2-11-18(19-12-4-3-5-13-19)14-10-15-6-8-16(9-7-15)17(20)21/h6-9H,2-5,10-14H2,1H3,(H,20,21). The first-order valence-corrected chi connectivity index (χ1v) is 8.02. The van der Waals surface area contributed by atoms with Gasteiger partial charge in [0.1, 0.15) is 0 Å². The summed E-state index contributed by atoms with van der Waals surface area (Å²) >= 11 is 0. The molecule has 4 nitrogen and oxygen atoms in total. The number of nitrogens with zero attached hydrogens (tertiary/aromatic N) is 2. The summed E-state index contributed by atoms with van der Waals surface area (Å²) in [5, 5.41) is 13.9. The predicted octanol–water partition coefficient (Wildman–Crippen LogP) is 3.04. The van der Waals surface area contributed by atoms with E-state index in [1.165, 1.54) is 37.9 Å². The smallest absolute Gasteiger partial charge is 0.335 e. The zero-order chi connectivity index (χ0) is 15.1. The quantitative estimate of drug-likeness (QED) is 0.838. The van der Waals surface area contributed by atoms with Crippen molar-refractivity contribution >= 4 is 5.97 Å². The van der Waals surface area contributed by atoms with Crippen molar-refractivity contribution in [2.45, 2.75) is 39.0 Å². The second-order valence-electron chi connectivity index (χ2n) is 5.72. The Hall–Kier alpha value is -1.39. The molecule has 116 valence electrons. The van der Waals surface area contributed by atoms with Gasteiger partial charge in [0, 0.05) is 26.2 Å². The highest BCUT2D eigenvalue weighted by atomic mass is 16.4. The van der Waals surface area contributed by atoms with Crippen molar-refractivity contribution in [3.8, 4) is 0 Å². The molecule has 0 amide bonds. The third-order valence-electron chi connectivity index (χ3n) is 4.07. The first-order chi connectivity index (χ1) is 10.2. The molecule has 1 N–H and O–H groups in total. The number of hydrogen-bond acceptors (Lipinski definition) is 3. The highest BCUT2D eigenvalue weighted by Crippen LogP contribution is 2.13. The third kappa shape index (κ3) is 4.83. The molecule has 0 radical (unpaired) electrons. The lowest BCUT2D eigenvalue weighted by atomic mass is 10.1. The van der Waals surface area contributed by atoms with Crippen molar-refractivity contribution < 1.29 is 9.90 Å². The number of hydrogen-bond donors (Lipinski definition) is 1. The highest BCUT2D eigenvalue weighted by molar-refractivity contribution is 5.87. The molecule has 0 saturated carbocycles. The molecule has 1 heterocycles. The molecule has 1 aliphatic heterocycles. The Morgan fingerprint density at radius 3 is 2.38 bits per heavy atom. The van der Waals surface area contributed by atoms with Gasteiger partial charge in [-0.05, 0) is 43.4 Å². The van der Waals surface area contributed by atoms with Gasteiger partial charge >= 0.3 is 5.97 Å². The molecule has 0 spiro atoms. The van der Waals surface area contributed by atoms with E-state index in [0.717, 1.165) is 25.9 Å². The molecule has 21 heavy (non-hydrogen) atoms. The maximum absolute atomic E-state index is 10.9. The normalized spacial score (nSPS) is 16.3. The van der Waals surface area contributed by atoms with Crippen LogP contribution in [0.4, 0.5) is 0 Å². The number of aromatic carboxylic acids is 1. The summed E-state index contributed by atoms with van der Waals surface area (Å²) in [4.78, 5) is 10.9. The van der Waals surface area contributed by atoms with Gasteiger partial charge in [0.25, 0.3) is 0 Å². The van der Waals surface area contributed by atoms with Gasteiger partial charge in [-0.15, -0.1) is 0 Å². The Morgan fingerprint density at radius 2 is 1.81 bits per heavy atom. The minimum Gasteiger partial charge on any atom is -0.478 e. The number of carboxylic acids is 1. The predicted molar refractivity (Wildman–Crippen MR) is 84.4 cm³/mol. The maximum atomic E-state index is 10.9. The molecule has 1 saturated heterocycles. The van der Waals surface area contributed by atoms with Crippen molar-refractivity contribution in [3.05, 3.63) is 35.4 Å². The minimum atomic E-state index is -0.859. The molecule has 1 aliphatic rings. The highest BCUT2D eigenvalue weighted by Gasteiger charge is 2.17. The molecule has 1 aromatic rings. The van der Waals surface area contributed by atoms with Crippen LogP contribution in [0.1, 0.15) is 48.5 Å². The lowest BCUT2D eigenvalue weighted by molar-refractivity contribution is -0.0384. The Labute approximate surface area is 127 Å². The summed E-state index contributed by atoms with van der Waals surface area (Å²) in [6.07, 6.45) is 6.08. The molecule has 1 fully saturated rings. The summed E-state index contributed by atoms with van der Waals surface area (Å²) in [6, 6.07) is 7.26. The van der Waals surface area contributed by atoms with Gasteiger partial charge in [0.2, 0.25) is 0 Å². The van der Waals surface area contributed by atoms with E-state index in [9.17, 15) is 4.79 Å². The topological polar surface area (TPSA) is 43.8 Å². The molecule has 4 heteroatoms.